The maximum absolute atomic E-state index is 2.39. The van der Waals surface area contributed by atoms with Gasteiger partial charge >= 0.3 is 0 Å². The van der Waals surface area contributed by atoms with Crippen LogP contribution in [0.25, 0.3) is 76.5 Å². The second-order valence-electron chi connectivity index (χ2n) is 11.3. The number of benzene rings is 8. The zero-order valence-corrected chi connectivity index (χ0v) is 22.6. The number of fused-ring (bicyclic) bond motifs is 10. The predicted octanol–water partition coefficient (Wildman–Crippen LogP) is 11.2. The van der Waals surface area contributed by atoms with Gasteiger partial charge in [0.1, 0.15) is 0 Å². The standard InChI is InChI=1S/C41H26/c1-2-10-28-23-39-31(22-26(28)9-1)25-40-32(17-8-18-37(39)40)30-12-7-11-27(21-30)29-19-20-38-35-15-4-3-13-33(35)34-14-5-6-16-36(34)41(38)24-29/h1-24H,25H2. The van der Waals surface area contributed by atoms with Crippen LogP contribution in [0.3, 0.4) is 0 Å². The van der Waals surface area contributed by atoms with Gasteiger partial charge in [-0.2, -0.15) is 0 Å². The Labute approximate surface area is 239 Å². The van der Waals surface area contributed by atoms with Crippen molar-refractivity contribution in [3.63, 3.8) is 0 Å². The van der Waals surface area contributed by atoms with Gasteiger partial charge in [-0.15, -0.1) is 0 Å². The van der Waals surface area contributed by atoms with Gasteiger partial charge < -0.3 is 0 Å². The van der Waals surface area contributed by atoms with Gasteiger partial charge in [0.2, 0.25) is 0 Å². The SMILES string of the molecule is c1cc(-c2ccc3c4ccccc4c4ccccc4c3c2)cc(-c2cccc3c2Cc2cc4ccccc4cc2-3)c1. The van der Waals surface area contributed by atoms with Gasteiger partial charge in [-0.25, -0.2) is 0 Å². The molecule has 0 amide bonds. The van der Waals surface area contributed by atoms with Gasteiger partial charge in [-0.3, -0.25) is 0 Å². The lowest BCUT2D eigenvalue weighted by Gasteiger charge is -2.13. The third-order valence-electron chi connectivity index (χ3n) is 9.06. The number of rotatable bonds is 2. The molecule has 1 aliphatic carbocycles. The maximum Gasteiger partial charge on any atom is -0.000706 e. The molecule has 8 aromatic rings. The molecule has 8 aromatic carbocycles. The summed E-state index contributed by atoms with van der Waals surface area (Å²) in [6.45, 7) is 0. The van der Waals surface area contributed by atoms with Crippen LogP contribution in [-0.2, 0) is 6.42 Å². The molecular formula is C41H26. The van der Waals surface area contributed by atoms with Crippen LogP contribution in [0.1, 0.15) is 11.1 Å². The first-order valence-electron chi connectivity index (χ1n) is 14.4. The molecule has 0 saturated carbocycles. The molecule has 0 spiro atoms. The summed E-state index contributed by atoms with van der Waals surface area (Å²) in [6.07, 6.45) is 0.977. The summed E-state index contributed by atoms with van der Waals surface area (Å²) in [4.78, 5) is 0. The average Bonchev–Trinajstić information content (AvgIpc) is 3.41. The second-order valence-corrected chi connectivity index (χ2v) is 11.3. The van der Waals surface area contributed by atoms with Gasteiger partial charge in [-0.05, 0) is 112 Å². The fraction of sp³-hybridized carbons (Fsp3) is 0.0244. The number of hydrogen-bond acceptors (Lipinski definition) is 0. The molecule has 0 atom stereocenters. The summed E-state index contributed by atoms with van der Waals surface area (Å²) in [7, 11) is 0. The van der Waals surface area contributed by atoms with Crippen LogP contribution in [0.15, 0.2) is 146 Å². The van der Waals surface area contributed by atoms with E-state index in [4.69, 9.17) is 0 Å². The summed E-state index contributed by atoms with van der Waals surface area (Å²) in [5.41, 5.74) is 10.7. The van der Waals surface area contributed by atoms with Crippen LogP contribution >= 0.6 is 0 Å². The summed E-state index contributed by atoms with van der Waals surface area (Å²) in [5.74, 6) is 0. The lowest BCUT2D eigenvalue weighted by Crippen LogP contribution is -1.89. The van der Waals surface area contributed by atoms with Crippen LogP contribution < -0.4 is 0 Å². The Morgan fingerprint density at radius 3 is 1.63 bits per heavy atom. The minimum Gasteiger partial charge on any atom is -0.0616 e. The molecule has 9 rings (SSSR count). The lowest BCUT2D eigenvalue weighted by atomic mass is 9.90. The molecule has 0 saturated heterocycles. The molecule has 0 unspecified atom stereocenters. The second kappa shape index (κ2) is 8.65. The first-order valence-corrected chi connectivity index (χ1v) is 14.4. The van der Waals surface area contributed by atoms with E-state index >= 15 is 0 Å². The van der Waals surface area contributed by atoms with Crippen LogP contribution in [0, 0.1) is 0 Å². The summed E-state index contributed by atoms with van der Waals surface area (Å²) in [5, 5.41) is 10.5. The molecule has 0 heteroatoms. The Bertz CT molecular complexity index is 2300. The van der Waals surface area contributed by atoms with E-state index in [1.165, 1.54) is 87.6 Å². The van der Waals surface area contributed by atoms with Crippen LogP contribution in [0.4, 0.5) is 0 Å². The highest BCUT2D eigenvalue weighted by atomic mass is 14.3. The molecule has 0 N–H and O–H groups in total. The average molecular weight is 519 g/mol. The van der Waals surface area contributed by atoms with Crippen LogP contribution in [-0.4, -0.2) is 0 Å². The van der Waals surface area contributed by atoms with E-state index in [1.54, 1.807) is 0 Å². The van der Waals surface area contributed by atoms with E-state index < -0.39 is 0 Å². The van der Waals surface area contributed by atoms with Crippen molar-refractivity contribution < 1.29 is 0 Å². The minimum absolute atomic E-state index is 0.977. The summed E-state index contributed by atoms with van der Waals surface area (Å²) >= 11 is 0. The molecule has 0 aliphatic heterocycles. The Morgan fingerprint density at radius 1 is 0.317 bits per heavy atom. The highest BCUT2D eigenvalue weighted by molar-refractivity contribution is 6.25. The first kappa shape index (κ1) is 22.6. The van der Waals surface area contributed by atoms with Crippen LogP contribution in [0.5, 0.6) is 0 Å². The number of hydrogen-bond donors (Lipinski definition) is 0. The van der Waals surface area contributed by atoms with E-state index in [0.29, 0.717) is 0 Å². The molecule has 0 nitrogen and oxygen atoms in total. The topological polar surface area (TPSA) is 0 Å². The highest BCUT2D eigenvalue weighted by Crippen LogP contribution is 2.44. The lowest BCUT2D eigenvalue weighted by molar-refractivity contribution is 1.27. The fourth-order valence-corrected chi connectivity index (χ4v) is 7.13. The van der Waals surface area contributed by atoms with E-state index in [-0.39, 0.29) is 0 Å². The Kier molecular flexibility index (Phi) is 4.77. The predicted molar refractivity (Wildman–Crippen MR) is 176 cm³/mol. The van der Waals surface area contributed by atoms with Crippen molar-refractivity contribution in [3.05, 3.63) is 157 Å². The maximum atomic E-state index is 2.39. The molecule has 0 radical (unpaired) electrons. The molecular weight excluding hydrogens is 492 g/mol. The van der Waals surface area contributed by atoms with Gasteiger partial charge in [0, 0.05) is 0 Å². The fourth-order valence-electron chi connectivity index (χ4n) is 7.13. The highest BCUT2D eigenvalue weighted by Gasteiger charge is 2.22. The minimum atomic E-state index is 0.977. The monoisotopic (exact) mass is 518 g/mol. The molecule has 0 bridgehead atoms. The smallest absolute Gasteiger partial charge is 0.000706 e. The van der Waals surface area contributed by atoms with Gasteiger partial charge in [0.05, 0.1) is 0 Å². The van der Waals surface area contributed by atoms with Gasteiger partial charge in [-0.1, -0.05) is 127 Å². The van der Waals surface area contributed by atoms with Crippen molar-refractivity contribution in [2.24, 2.45) is 0 Å². The molecule has 41 heavy (non-hydrogen) atoms. The Balaban J connectivity index is 1.19. The Morgan fingerprint density at radius 2 is 0.878 bits per heavy atom. The summed E-state index contributed by atoms with van der Waals surface area (Å²) < 4.78 is 0. The van der Waals surface area contributed by atoms with Crippen molar-refractivity contribution in [2.45, 2.75) is 6.42 Å². The van der Waals surface area contributed by atoms with Crippen molar-refractivity contribution in [2.75, 3.05) is 0 Å². The van der Waals surface area contributed by atoms with E-state index in [0.717, 1.165) is 6.42 Å². The molecule has 1 aliphatic rings. The van der Waals surface area contributed by atoms with Gasteiger partial charge in [0.25, 0.3) is 0 Å². The molecule has 0 fully saturated rings. The quantitative estimate of drug-likeness (QED) is 0.200. The van der Waals surface area contributed by atoms with Crippen molar-refractivity contribution >= 4 is 43.1 Å². The Hall–Kier alpha value is -5.20. The van der Waals surface area contributed by atoms with Crippen molar-refractivity contribution in [1.82, 2.24) is 0 Å². The molecule has 190 valence electrons. The van der Waals surface area contributed by atoms with E-state index in [1.807, 2.05) is 0 Å². The largest absolute Gasteiger partial charge is 0.0616 e. The summed E-state index contributed by atoms with van der Waals surface area (Å²) in [6, 6.07) is 54.0. The first-order chi connectivity index (χ1) is 20.3. The third-order valence-corrected chi connectivity index (χ3v) is 9.06. The van der Waals surface area contributed by atoms with Crippen molar-refractivity contribution in [3.8, 4) is 33.4 Å². The van der Waals surface area contributed by atoms with Crippen LogP contribution in [0.2, 0.25) is 0 Å². The van der Waals surface area contributed by atoms with Crippen molar-refractivity contribution in [1.29, 1.82) is 0 Å². The molecule has 0 heterocycles. The van der Waals surface area contributed by atoms with Gasteiger partial charge in [0.15, 0.2) is 0 Å². The zero-order chi connectivity index (χ0) is 26.9. The normalized spacial score (nSPS) is 12.3. The van der Waals surface area contributed by atoms with E-state index in [2.05, 4.69) is 146 Å². The zero-order valence-electron chi connectivity index (χ0n) is 22.6. The molecule has 0 aromatic heterocycles. The third kappa shape index (κ3) is 3.41. The van der Waals surface area contributed by atoms with E-state index in [9.17, 15) is 0 Å².